The molecule has 27 heavy (non-hydrogen) atoms. The first kappa shape index (κ1) is 18.1. The van der Waals surface area contributed by atoms with Crippen molar-refractivity contribution < 1.29 is 22.8 Å². The molecule has 5 nitrogen and oxygen atoms in total. The number of nitrogens with one attached hydrogen (secondary N) is 2. The molecule has 0 radical (unpaired) electrons. The maximum atomic E-state index is 13.2. The average Bonchev–Trinajstić information content (AvgIpc) is 2.66. The zero-order valence-electron chi connectivity index (χ0n) is 13.7. The maximum absolute atomic E-state index is 13.2. The van der Waals surface area contributed by atoms with Gasteiger partial charge in [-0.1, -0.05) is 0 Å². The number of pyridine rings is 1. The molecule has 0 spiro atoms. The Labute approximate surface area is 151 Å². The number of rotatable bonds is 4. The van der Waals surface area contributed by atoms with Crippen molar-refractivity contribution >= 4 is 23.2 Å². The fourth-order valence-electron chi connectivity index (χ4n) is 2.20. The summed E-state index contributed by atoms with van der Waals surface area (Å²) in [7, 11) is 0. The summed E-state index contributed by atoms with van der Waals surface area (Å²) in [5.74, 6) is -3.76. The van der Waals surface area contributed by atoms with Gasteiger partial charge in [0.25, 0.3) is 11.8 Å². The summed E-state index contributed by atoms with van der Waals surface area (Å²) >= 11 is 0. The number of halogens is 3. The van der Waals surface area contributed by atoms with Gasteiger partial charge in [-0.3, -0.25) is 14.6 Å². The minimum Gasteiger partial charge on any atom is -0.322 e. The molecular weight excluding hydrogens is 359 g/mol. The molecule has 1 heterocycles. The van der Waals surface area contributed by atoms with Gasteiger partial charge in [-0.2, -0.15) is 0 Å². The molecular formula is C19H12F3N3O2. The first-order valence-corrected chi connectivity index (χ1v) is 7.71. The molecule has 3 aromatic rings. The standard InChI is InChI=1S/C19H12F3N3O2/c20-13-1-3-14(4-2-13)24-18(26)11-7-12(10-23-9-11)19(27)25-15-5-6-16(21)17(22)8-15/h1-10H,(H,24,26)(H,25,27). The Morgan fingerprint density at radius 1 is 0.704 bits per heavy atom. The molecule has 2 N–H and O–H groups in total. The third-order valence-corrected chi connectivity index (χ3v) is 3.54. The monoisotopic (exact) mass is 371 g/mol. The summed E-state index contributed by atoms with van der Waals surface area (Å²) in [6.07, 6.45) is 2.48. The smallest absolute Gasteiger partial charge is 0.257 e. The van der Waals surface area contributed by atoms with Gasteiger partial charge in [0.1, 0.15) is 5.82 Å². The number of hydrogen-bond acceptors (Lipinski definition) is 3. The van der Waals surface area contributed by atoms with Gasteiger partial charge < -0.3 is 10.6 Å². The molecule has 0 aliphatic rings. The van der Waals surface area contributed by atoms with Crippen molar-refractivity contribution in [3.63, 3.8) is 0 Å². The van der Waals surface area contributed by atoms with E-state index in [0.717, 1.165) is 12.1 Å². The Kier molecular flexibility index (Phi) is 5.16. The van der Waals surface area contributed by atoms with Crippen LogP contribution >= 0.6 is 0 Å². The largest absolute Gasteiger partial charge is 0.322 e. The van der Waals surface area contributed by atoms with Gasteiger partial charge in [-0.15, -0.1) is 0 Å². The van der Waals surface area contributed by atoms with Crippen LogP contribution in [-0.4, -0.2) is 16.8 Å². The normalized spacial score (nSPS) is 10.3. The Balaban J connectivity index is 1.73. The highest BCUT2D eigenvalue weighted by molar-refractivity contribution is 6.08. The van der Waals surface area contributed by atoms with E-state index in [4.69, 9.17) is 0 Å². The summed E-state index contributed by atoms with van der Waals surface area (Å²) < 4.78 is 39.1. The lowest BCUT2D eigenvalue weighted by Gasteiger charge is -2.08. The highest BCUT2D eigenvalue weighted by Crippen LogP contribution is 2.15. The van der Waals surface area contributed by atoms with Crippen molar-refractivity contribution in [1.29, 1.82) is 0 Å². The Morgan fingerprint density at radius 3 is 1.85 bits per heavy atom. The summed E-state index contributed by atoms with van der Waals surface area (Å²) in [4.78, 5) is 28.3. The van der Waals surface area contributed by atoms with Crippen LogP contribution in [0.15, 0.2) is 60.9 Å². The van der Waals surface area contributed by atoms with Crippen LogP contribution in [0.5, 0.6) is 0 Å². The lowest BCUT2D eigenvalue weighted by Crippen LogP contribution is -2.16. The first-order chi connectivity index (χ1) is 12.9. The second kappa shape index (κ2) is 7.69. The predicted molar refractivity (Wildman–Crippen MR) is 92.9 cm³/mol. The van der Waals surface area contributed by atoms with Crippen LogP contribution in [0.2, 0.25) is 0 Å². The van der Waals surface area contributed by atoms with Gasteiger partial charge in [0.05, 0.1) is 11.1 Å². The SMILES string of the molecule is O=C(Nc1ccc(F)cc1)c1cncc(C(=O)Nc2ccc(F)c(F)c2)c1. The van der Waals surface area contributed by atoms with E-state index in [1.165, 1.54) is 48.8 Å². The molecule has 0 unspecified atom stereocenters. The maximum Gasteiger partial charge on any atom is 0.257 e. The fourth-order valence-corrected chi connectivity index (χ4v) is 2.20. The lowest BCUT2D eigenvalue weighted by molar-refractivity contribution is 0.102. The van der Waals surface area contributed by atoms with Crippen molar-refractivity contribution in [3.8, 4) is 0 Å². The molecule has 8 heteroatoms. The van der Waals surface area contributed by atoms with Crippen molar-refractivity contribution in [1.82, 2.24) is 4.98 Å². The number of benzene rings is 2. The van der Waals surface area contributed by atoms with Crippen LogP contribution in [0, 0.1) is 17.5 Å². The zero-order chi connectivity index (χ0) is 19.4. The molecule has 0 bridgehead atoms. The Bertz CT molecular complexity index is 1010. The van der Waals surface area contributed by atoms with Crippen molar-refractivity contribution in [2.45, 2.75) is 0 Å². The minimum absolute atomic E-state index is 0.0477. The molecule has 3 rings (SSSR count). The topological polar surface area (TPSA) is 71.1 Å². The fraction of sp³-hybridized carbons (Fsp3) is 0. The molecule has 0 saturated carbocycles. The second-order valence-electron chi connectivity index (χ2n) is 5.51. The summed E-state index contributed by atoms with van der Waals surface area (Å²) in [5.41, 5.74) is 0.571. The van der Waals surface area contributed by atoms with E-state index in [-0.39, 0.29) is 16.8 Å². The first-order valence-electron chi connectivity index (χ1n) is 7.71. The van der Waals surface area contributed by atoms with E-state index in [2.05, 4.69) is 15.6 Å². The molecule has 2 amide bonds. The number of carbonyl (C=O) groups is 2. The Morgan fingerprint density at radius 2 is 1.26 bits per heavy atom. The van der Waals surface area contributed by atoms with Gasteiger partial charge in [0, 0.05) is 29.8 Å². The third-order valence-electron chi connectivity index (χ3n) is 3.54. The minimum atomic E-state index is -1.10. The molecule has 0 atom stereocenters. The van der Waals surface area contributed by atoms with Crippen LogP contribution in [0.4, 0.5) is 24.5 Å². The van der Waals surface area contributed by atoms with Gasteiger partial charge in [-0.25, -0.2) is 13.2 Å². The number of amides is 2. The van der Waals surface area contributed by atoms with Crippen molar-refractivity contribution in [3.05, 3.63) is 89.5 Å². The van der Waals surface area contributed by atoms with E-state index in [0.29, 0.717) is 5.69 Å². The van der Waals surface area contributed by atoms with Crippen LogP contribution in [0.25, 0.3) is 0 Å². The van der Waals surface area contributed by atoms with Crippen LogP contribution < -0.4 is 10.6 Å². The van der Waals surface area contributed by atoms with Crippen LogP contribution in [0.3, 0.4) is 0 Å². The highest BCUT2D eigenvalue weighted by Gasteiger charge is 2.13. The van der Waals surface area contributed by atoms with Gasteiger partial charge in [0.15, 0.2) is 11.6 Å². The number of aromatic nitrogens is 1. The summed E-state index contributed by atoms with van der Waals surface area (Å²) in [5, 5.41) is 4.94. The highest BCUT2D eigenvalue weighted by atomic mass is 19.2. The van der Waals surface area contributed by atoms with E-state index in [1.54, 1.807) is 0 Å². The van der Waals surface area contributed by atoms with E-state index in [9.17, 15) is 22.8 Å². The third kappa shape index (κ3) is 4.49. The molecule has 1 aromatic heterocycles. The number of nitrogens with zero attached hydrogens (tertiary/aromatic N) is 1. The van der Waals surface area contributed by atoms with Crippen molar-refractivity contribution in [2.75, 3.05) is 10.6 Å². The summed E-state index contributed by atoms with van der Waals surface area (Å²) in [6, 6.07) is 9.39. The van der Waals surface area contributed by atoms with Crippen LogP contribution in [0.1, 0.15) is 20.7 Å². The number of anilines is 2. The molecule has 136 valence electrons. The van der Waals surface area contributed by atoms with E-state index in [1.807, 2.05) is 0 Å². The van der Waals surface area contributed by atoms with E-state index >= 15 is 0 Å². The van der Waals surface area contributed by atoms with Gasteiger partial charge >= 0.3 is 0 Å². The zero-order valence-corrected chi connectivity index (χ0v) is 13.7. The molecule has 0 fully saturated rings. The Hall–Kier alpha value is -3.68. The number of hydrogen-bond donors (Lipinski definition) is 2. The summed E-state index contributed by atoms with van der Waals surface area (Å²) in [6.45, 7) is 0. The quantitative estimate of drug-likeness (QED) is 0.728. The van der Waals surface area contributed by atoms with Crippen molar-refractivity contribution in [2.24, 2.45) is 0 Å². The molecule has 0 saturated heterocycles. The predicted octanol–water partition coefficient (Wildman–Crippen LogP) is 4.00. The molecule has 0 aliphatic carbocycles. The molecule has 2 aromatic carbocycles. The van der Waals surface area contributed by atoms with Gasteiger partial charge in [0.2, 0.25) is 0 Å². The average molecular weight is 371 g/mol. The molecule has 0 aliphatic heterocycles. The van der Waals surface area contributed by atoms with E-state index < -0.39 is 29.3 Å². The van der Waals surface area contributed by atoms with Crippen LogP contribution in [-0.2, 0) is 0 Å². The lowest BCUT2D eigenvalue weighted by atomic mass is 10.1. The number of carbonyl (C=O) groups excluding carboxylic acids is 2. The second-order valence-corrected chi connectivity index (χ2v) is 5.51. The van der Waals surface area contributed by atoms with Gasteiger partial charge in [-0.05, 0) is 42.5 Å².